The molecule has 0 aliphatic carbocycles. The number of rotatable bonds is 3. The van der Waals surface area contributed by atoms with Crippen LogP contribution in [0.2, 0.25) is 0 Å². The van der Waals surface area contributed by atoms with E-state index in [1.807, 2.05) is 19.9 Å². The highest BCUT2D eigenvalue weighted by molar-refractivity contribution is 5.93. The van der Waals surface area contributed by atoms with Crippen molar-refractivity contribution in [1.82, 2.24) is 0 Å². The topological polar surface area (TPSA) is 50.1 Å². The van der Waals surface area contributed by atoms with Crippen LogP contribution in [0.5, 0.6) is 0 Å². The van der Waals surface area contributed by atoms with Crippen LogP contribution in [0.3, 0.4) is 0 Å². The molecule has 0 bridgehead atoms. The van der Waals surface area contributed by atoms with Crippen molar-refractivity contribution < 1.29 is 9.53 Å². The van der Waals surface area contributed by atoms with Crippen LogP contribution >= 0.6 is 0 Å². The van der Waals surface area contributed by atoms with Gasteiger partial charge in [0.25, 0.3) is 0 Å². The van der Waals surface area contributed by atoms with Crippen LogP contribution < -0.4 is 0 Å². The summed E-state index contributed by atoms with van der Waals surface area (Å²) >= 11 is 0. The number of ether oxygens (including phenoxy) is 1. The fourth-order valence-corrected chi connectivity index (χ4v) is 0.787. The van der Waals surface area contributed by atoms with Crippen LogP contribution in [0.25, 0.3) is 0 Å². The molecule has 0 spiro atoms. The van der Waals surface area contributed by atoms with Crippen molar-refractivity contribution in [2.24, 2.45) is 5.92 Å². The van der Waals surface area contributed by atoms with Gasteiger partial charge in [-0.05, 0) is 25.3 Å². The van der Waals surface area contributed by atoms with E-state index in [2.05, 4.69) is 0 Å². The number of nitriles is 1. The van der Waals surface area contributed by atoms with Crippen LogP contribution in [0, 0.1) is 17.2 Å². The van der Waals surface area contributed by atoms with E-state index in [4.69, 9.17) is 10.00 Å². The molecule has 0 aromatic carbocycles. The van der Waals surface area contributed by atoms with E-state index in [1.54, 1.807) is 13.8 Å². The quantitative estimate of drug-likeness (QED) is 0.380. The lowest BCUT2D eigenvalue weighted by Gasteiger charge is -2.07. The lowest BCUT2D eigenvalue weighted by Crippen LogP contribution is -2.10. The predicted molar refractivity (Wildman–Crippen MR) is 49.8 cm³/mol. The van der Waals surface area contributed by atoms with Crippen molar-refractivity contribution in [3.05, 3.63) is 11.1 Å². The molecular weight excluding hydrogens is 166 g/mol. The summed E-state index contributed by atoms with van der Waals surface area (Å²) in [4.78, 5) is 11.2. The Morgan fingerprint density at radius 1 is 1.54 bits per heavy atom. The average Bonchev–Trinajstić information content (AvgIpc) is 2.05. The summed E-state index contributed by atoms with van der Waals surface area (Å²) in [7, 11) is 0. The highest BCUT2D eigenvalue weighted by Gasteiger charge is 2.14. The van der Waals surface area contributed by atoms with Crippen molar-refractivity contribution >= 4 is 5.97 Å². The third kappa shape index (κ3) is 3.29. The van der Waals surface area contributed by atoms with Gasteiger partial charge in [-0.25, -0.2) is 4.79 Å². The molecule has 0 saturated carbocycles. The summed E-state index contributed by atoms with van der Waals surface area (Å²) in [6, 6.07) is 1.87. The number of hydrogen-bond acceptors (Lipinski definition) is 3. The molecule has 13 heavy (non-hydrogen) atoms. The first-order valence-electron chi connectivity index (χ1n) is 4.32. The molecule has 0 aromatic heterocycles. The first kappa shape index (κ1) is 11.7. The molecule has 0 amide bonds. The lowest BCUT2D eigenvalue weighted by molar-refractivity contribution is -0.138. The Kier molecular flexibility index (Phi) is 4.83. The Bertz CT molecular complexity index is 259. The summed E-state index contributed by atoms with van der Waals surface area (Å²) in [5.41, 5.74) is 0.915. The summed E-state index contributed by atoms with van der Waals surface area (Å²) in [6.07, 6.45) is 0. The molecular formula is C10H15NO2. The predicted octanol–water partition coefficient (Wildman–Crippen LogP) is 2.05. The number of esters is 1. The summed E-state index contributed by atoms with van der Waals surface area (Å²) in [5, 5.41) is 8.73. The van der Waals surface area contributed by atoms with Gasteiger partial charge < -0.3 is 4.74 Å². The van der Waals surface area contributed by atoms with E-state index in [1.165, 1.54) is 0 Å². The zero-order chi connectivity index (χ0) is 10.4. The molecule has 0 heterocycles. The van der Waals surface area contributed by atoms with Gasteiger partial charge in [0.2, 0.25) is 0 Å². The van der Waals surface area contributed by atoms with E-state index in [0.29, 0.717) is 6.61 Å². The van der Waals surface area contributed by atoms with E-state index in [0.717, 1.165) is 5.57 Å². The van der Waals surface area contributed by atoms with Gasteiger partial charge in [0.15, 0.2) is 0 Å². The van der Waals surface area contributed by atoms with E-state index in [9.17, 15) is 4.79 Å². The Morgan fingerprint density at radius 3 is 2.38 bits per heavy atom. The largest absolute Gasteiger partial charge is 0.462 e. The Labute approximate surface area is 79.0 Å². The van der Waals surface area contributed by atoms with Crippen molar-refractivity contribution in [2.75, 3.05) is 6.61 Å². The molecule has 0 fully saturated rings. The second-order valence-electron chi connectivity index (χ2n) is 3.04. The second kappa shape index (κ2) is 5.36. The first-order chi connectivity index (χ1) is 6.04. The average molecular weight is 181 g/mol. The number of allylic oxidation sites excluding steroid dienone is 1. The molecule has 0 aliphatic heterocycles. The highest BCUT2D eigenvalue weighted by Crippen LogP contribution is 2.14. The van der Waals surface area contributed by atoms with Crippen LogP contribution in [0.4, 0.5) is 0 Å². The maximum absolute atomic E-state index is 11.2. The molecule has 0 saturated heterocycles. The van der Waals surface area contributed by atoms with Crippen LogP contribution in [-0.2, 0) is 9.53 Å². The van der Waals surface area contributed by atoms with E-state index in [-0.39, 0.29) is 11.5 Å². The van der Waals surface area contributed by atoms with Gasteiger partial charge in [-0.1, -0.05) is 13.8 Å². The van der Waals surface area contributed by atoms with Gasteiger partial charge in [-0.3, -0.25) is 0 Å². The van der Waals surface area contributed by atoms with Gasteiger partial charge in [-0.2, -0.15) is 5.26 Å². The van der Waals surface area contributed by atoms with Gasteiger partial charge in [-0.15, -0.1) is 0 Å². The Hall–Kier alpha value is -1.30. The van der Waals surface area contributed by atoms with Crippen LogP contribution in [0.1, 0.15) is 27.7 Å². The van der Waals surface area contributed by atoms with Crippen molar-refractivity contribution in [1.29, 1.82) is 5.26 Å². The zero-order valence-electron chi connectivity index (χ0n) is 8.55. The molecule has 0 aromatic rings. The number of carbonyl (C=O) groups excluding carboxylic acids is 1. The maximum Gasteiger partial charge on any atom is 0.348 e. The maximum atomic E-state index is 11.2. The monoisotopic (exact) mass is 181 g/mol. The molecule has 3 heteroatoms. The minimum atomic E-state index is -0.517. The first-order valence-corrected chi connectivity index (χ1v) is 4.32. The molecule has 72 valence electrons. The van der Waals surface area contributed by atoms with Gasteiger partial charge in [0.05, 0.1) is 6.61 Å². The fraction of sp³-hybridized carbons (Fsp3) is 0.600. The highest BCUT2D eigenvalue weighted by atomic mass is 16.5. The number of hydrogen-bond donors (Lipinski definition) is 0. The standard InChI is InChI=1S/C10H15NO2/c1-5-13-10(12)9(6-11)8(4)7(2)3/h7H,5H2,1-4H3/b9-8-. The second-order valence-corrected chi connectivity index (χ2v) is 3.04. The minimum absolute atomic E-state index is 0.136. The third-order valence-corrected chi connectivity index (χ3v) is 1.85. The Balaban J connectivity index is 4.80. The zero-order valence-corrected chi connectivity index (χ0v) is 8.55. The van der Waals surface area contributed by atoms with Crippen molar-refractivity contribution in [2.45, 2.75) is 27.7 Å². The smallest absolute Gasteiger partial charge is 0.348 e. The number of carbonyl (C=O) groups is 1. The molecule has 0 rings (SSSR count). The summed E-state index contributed by atoms with van der Waals surface area (Å²) < 4.78 is 4.75. The lowest BCUT2D eigenvalue weighted by atomic mass is 10.00. The molecule has 0 N–H and O–H groups in total. The molecule has 0 radical (unpaired) electrons. The van der Waals surface area contributed by atoms with Crippen LogP contribution in [-0.4, -0.2) is 12.6 Å². The molecule has 0 aliphatic rings. The Morgan fingerprint density at radius 2 is 2.08 bits per heavy atom. The number of nitrogens with zero attached hydrogens (tertiary/aromatic N) is 1. The van der Waals surface area contributed by atoms with E-state index < -0.39 is 5.97 Å². The SMILES string of the molecule is CCOC(=O)/C(C#N)=C(/C)C(C)C. The molecule has 0 atom stereocenters. The van der Waals surface area contributed by atoms with Gasteiger partial charge in [0.1, 0.15) is 11.6 Å². The summed E-state index contributed by atoms with van der Waals surface area (Å²) in [6.45, 7) is 7.67. The van der Waals surface area contributed by atoms with Crippen molar-refractivity contribution in [3.8, 4) is 6.07 Å². The van der Waals surface area contributed by atoms with Gasteiger partial charge in [0, 0.05) is 0 Å². The van der Waals surface area contributed by atoms with Crippen LogP contribution in [0.15, 0.2) is 11.1 Å². The fourth-order valence-electron chi connectivity index (χ4n) is 0.787. The molecule has 0 unspecified atom stereocenters. The molecule has 3 nitrogen and oxygen atoms in total. The summed E-state index contributed by atoms with van der Waals surface area (Å²) in [5.74, 6) is -0.324. The third-order valence-electron chi connectivity index (χ3n) is 1.85. The van der Waals surface area contributed by atoms with E-state index >= 15 is 0 Å². The van der Waals surface area contributed by atoms with Crippen molar-refractivity contribution in [3.63, 3.8) is 0 Å². The van der Waals surface area contributed by atoms with Gasteiger partial charge >= 0.3 is 5.97 Å². The minimum Gasteiger partial charge on any atom is -0.462 e. The normalized spacial score (nSPS) is 12.0.